The molecule has 2 N–H and O–H groups in total. The van der Waals surface area contributed by atoms with Crippen molar-refractivity contribution in [1.82, 2.24) is 0 Å². The molecule has 18 heavy (non-hydrogen) atoms. The van der Waals surface area contributed by atoms with Crippen LogP contribution in [0.4, 0.5) is 10.1 Å². The minimum atomic E-state index is -0.372. The molecule has 1 nitrogen and oxygen atoms in total. The molecular formula is C14H13ClFNS. The summed E-state index contributed by atoms with van der Waals surface area (Å²) in [6, 6.07) is 10.7. The van der Waals surface area contributed by atoms with E-state index in [1.54, 1.807) is 17.8 Å². The molecule has 94 valence electrons. The smallest absolute Gasteiger partial charge is 0.142 e. The van der Waals surface area contributed by atoms with Crippen LogP contribution in [-0.4, -0.2) is 0 Å². The summed E-state index contributed by atoms with van der Waals surface area (Å²) in [4.78, 5) is 1.10. The first-order valence-corrected chi connectivity index (χ1v) is 6.86. The number of rotatable bonds is 3. The maximum Gasteiger partial charge on any atom is 0.142 e. The van der Waals surface area contributed by atoms with E-state index in [0.29, 0.717) is 5.75 Å². The molecule has 0 radical (unpaired) electrons. The maximum absolute atomic E-state index is 13.3. The molecule has 2 rings (SSSR count). The normalized spacial score (nSPS) is 10.6. The molecule has 2 aromatic carbocycles. The van der Waals surface area contributed by atoms with Crippen LogP contribution in [-0.2, 0) is 5.75 Å². The number of anilines is 1. The third-order valence-corrected chi connectivity index (χ3v) is 4.13. The van der Waals surface area contributed by atoms with E-state index in [-0.39, 0.29) is 10.8 Å². The van der Waals surface area contributed by atoms with Crippen LogP contribution < -0.4 is 5.73 Å². The van der Waals surface area contributed by atoms with Crippen LogP contribution in [0.5, 0.6) is 0 Å². The van der Waals surface area contributed by atoms with Crippen molar-refractivity contribution < 1.29 is 4.39 Å². The van der Waals surface area contributed by atoms with Gasteiger partial charge in [-0.1, -0.05) is 23.7 Å². The quantitative estimate of drug-likeness (QED) is 0.654. The van der Waals surface area contributed by atoms with Crippen LogP contribution in [0.25, 0.3) is 0 Å². The predicted octanol–water partition coefficient (Wildman–Crippen LogP) is 4.66. The van der Waals surface area contributed by atoms with Gasteiger partial charge < -0.3 is 5.73 Å². The van der Waals surface area contributed by atoms with E-state index in [4.69, 9.17) is 17.3 Å². The fraction of sp³-hybridized carbons (Fsp3) is 0.143. The topological polar surface area (TPSA) is 26.0 Å². The van der Waals surface area contributed by atoms with Crippen molar-refractivity contribution in [2.75, 3.05) is 5.73 Å². The minimum absolute atomic E-state index is 0.206. The minimum Gasteiger partial charge on any atom is -0.399 e. The van der Waals surface area contributed by atoms with Gasteiger partial charge in [0.05, 0.1) is 5.02 Å². The van der Waals surface area contributed by atoms with E-state index in [0.717, 1.165) is 21.7 Å². The number of hydrogen-bond acceptors (Lipinski definition) is 2. The molecule has 0 heterocycles. The highest BCUT2D eigenvalue weighted by Crippen LogP contribution is 2.29. The lowest BCUT2D eigenvalue weighted by Crippen LogP contribution is -1.90. The molecule has 0 bridgehead atoms. The monoisotopic (exact) mass is 281 g/mol. The van der Waals surface area contributed by atoms with E-state index in [1.165, 1.54) is 6.07 Å². The molecule has 4 heteroatoms. The summed E-state index contributed by atoms with van der Waals surface area (Å²) in [5, 5.41) is 0.206. The van der Waals surface area contributed by atoms with E-state index >= 15 is 0 Å². The van der Waals surface area contributed by atoms with Gasteiger partial charge in [0.2, 0.25) is 0 Å². The van der Waals surface area contributed by atoms with Crippen LogP contribution >= 0.6 is 23.4 Å². The molecule has 0 atom stereocenters. The Labute approximate surface area is 115 Å². The van der Waals surface area contributed by atoms with E-state index in [2.05, 4.69) is 0 Å². The lowest BCUT2D eigenvalue weighted by Gasteiger charge is -2.07. The molecule has 0 aliphatic heterocycles. The molecular weight excluding hydrogens is 269 g/mol. The van der Waals surface area contributed by atoms with Crippen molar-refractivity contribution in [3.63, 3.8) is 0 Å². The van der Waals surface area contributed by atoms with Crippen LogP contribution in [0.2, 0.25) is 5.02 Å². The van der Waals surface area contributed by atoms with Gasteiger partial charge in [-0.2, -0.15) is 0 Å². The Balaban J connectivity index is 2.11. The Hall–Kier alpha value is -1.19. The van der Waals surface area contributed by atoms with Gasteiger partial charge >= 0.3 is 0 Å². The summed E-state index contributed by atoms with van der Waals surface area (Å²) in [7, 11) is 0. The Kier molecular flexibility index (Phi) is 4.15. The molecule has 0 amide bonds. The van der Waals surface area contributed by atoms with E-state index in [9.17, 15) is 4.39 Å². The van der Waals surface area contributed by atoms with Crippen molar-refractivity contribution >= 4 is 29.1 Å². The number of aryl methyl sites for hydroxylation is 1. The second-order valence-corrected chi connectivity index (χ2v) is 5.45. The molecule has 0 fully saturated rings. The van der Waals surface area contributed by atoms with Gasteiger partial charge in [0.1, 0.15) is 5.82 Å². The number of thioether (sulfide) groups is 1. The summed E-state index contributed by atoms with van der Waals surface area (Å²) in [6.07, 6.45) is 0. The average Bonchev–Trinajstić information content (AvgIpc) is 2.35. The van der Waals surface area contributed by atoms with Gasteiger partial charge in [-0.3, -0.25) is 0 Å². The van der Waals surface area contributed by atoms with Gasteiger partial charge in [-0.25, -0.2) is 4.39 Å². The van der Waals surface area contributed by atoms with E-state index < -0.39 is 0 Å². The van der Waals surface area contributed by atoms with Crippen molar-refractivity contribution in [2.45, 2.75) is 17.6 Å². The molecule has 0 saturated carbocycles. The Bertz CT molecular complexity index is 572. The zero-order chi connectivity index (χ0) is 13.1. The second kappa shape index (κ2) is 5.63. The molecule has 0 spiro atoms. The molecule has 0 aliphatic carbocycles. The zero-order valence-corrected chi connectivity index (χ0v) is 11.5. The first kappa shape index (κ1) is 13.2. The van der Waals surface area contributed by atoms with Gasteiger partial charge in [-0.15, -0.1) is 11.8 Å². The molecule has 0 unspecified atom stereocenters. The number of nitrogens with two attached hydrogens (primary N) is 1. The highest BCUT2D eigenvalue weighted by atomic mass is 35.5. The Morgan fingerprint density at radius 2 is 2.06 bits per heavy atom. The maximum atomic E-state index is 13.3. The van der Waals surface area contributed by atoms with Crippen molar-refractivity contribution in [2.24, 2.45) is 0 Å². The fourth-order valence-corrected chi connectivity index (χ4v) is 2.82. The largest absolute Gasteiger partial charge is 0.399 e. The fourth-order valence-electron chi connectivity index (χ4n) is 1.56. The molecule has 0 aliphatic rings. The summed E-state index contributed by atoms with van der Waals surface area (Å²) in [6.45, 7) is 1.97. The lowest BCUT2D eigenvalue weighted by atomic mass is 10.2. The Morgan fingerprint density at radius 3 is 2.78 bits per heavy atom. The number of halogens is 2. The van der Waals surface area contributed by atoms with Crippen LogP contribution in [0.3, 0.4) is 0 Å². The number of nitrogen functional groups attached to an aromatic ring is 1. The summed E-state index contributed by atoms with van der Waals surface area (Å²) in [5.41, 5.74) is 8.39. The Morgan fingerprint density at radius 1 is 1.28 bits per heavy atom. The number of benzene rings is 2. The first-order valence-electron chi connectivity index (χ1n) is 5.50. The third kappa shape index (κ3) is 2.98. The van der Waals surface area contributed by atoms with Crippen LogP contribution in [0, 0.1) is 12.7 Å². The summed E-state index contributed by atoms with van der Waals surface area (Å²) < 4.78 is 13.3. The van der Waals surface area contributed by atoms with Crippen molar-refractivity contribution in [3.8, 4) is 0 Å². The summed E-state index contributed by atoms with van der Waals surface area (Å²) in [5.74, 6) is 0.267. The molecule has 2 aromatic rings. The van der Waals surface area contributed by atoms with Gasteiger partial charge in [0.25, 0.3) is 0 Å². The van der Waals surface area contributed by atoms with Gasteiger partial charge in [0.15, 0.2) is 0 Å². The third-order valence-electron chi connectivity index (χ3n) is 2.67. The molecule has 0 aromatic heterocycles. The van der Waals surface area contributed by atoms with Gasteiger partial charge in [-0.05, 0) is 42.3 Å². The predicted molar refractivity (Wildman–Crippen MR) is 76.6 cm³/mol. The average molecular weight is 282 g/mol. The highest BCUT2D eigenvalue weighted by molar-refractivity contribution is 7.98. The lowest BCUT2D eigenvalue weighted by molar-refractivity contribution is 0.627. The SMILES string of the molecule is Cc1cc(SCc2cccc(F)c2Cl)ccc1N. The van der Waals surface area contributed by atoms with Crippen molar-refractivity contribution in [1.29, 1.82) is 0 Å². The second-order valence-electron chi connectivity index (χ2n) is 4.02. The zero-order valence-electron chi connectivity index (χ0n) is 9.91. The highest BCUT2D eigenvalue weighted by Gasteiger charge is 2.06. The van der Waals surface area contributed by atoms with Crippen LogP contribution in [0.15, 0.2) is 41.3 Å². The van der Waals surface area contributed by atoms with Gasteiger partial charge in [0, 0.05) is 16.3 Å². The van der Waals surface area contributed by atoms with Crippen molar-refractivity contribution in [3.05, 3.63) is 58.4 Å². The van der Waals surface area contributed by atoms with E-state index in [1.807, 2.05) is 31.2 Å². The standard InChI is InChI=1S/C14H13ClFNS/c1-9-7-11(5-6-13(9)17)18-8-10-3-2-4-12(16)14(10)15/h2-7H,8,17H2,1H3. The first-order chi connectivity index (χ1) is 8.58. The summed E-state index contributed by atoms with van der Waals surface area (Å²) >= 11 is 7.52. The molecule has 0 saturated heterocycles. The number of hydrogen-bond donors (Lipinski definition) is 1. The van der Waals surface area contributed by atoms with Crippen LogP contribution in [0.1, 0.15) is 11.1 Å².